The highest BCUT2D eigenvalue weighted by Gasteiger charge is 2.19. The SMILES string of the molecule is C.CC(C)c1cc(C(C)C)nc(N2CCC2)n1. The van der Waals surface area contributed by atoms with Crippen LogP contribution in [-0.4, -0.2) is 23.1 Å². The van der Waals surface area contributed by atoms with Crippen molar-refractivity contribution in [3.63, 3.8) is 0 Å². The highest BCUT2D eigenvalue weighted by atomic mass is 15.3. The van der Waals surface area contributed by atoms with Gasteiger partial charge in [0.15, 0.2) is 0 Å². The van der Waals surface area contributed by atoms with E-state index in [1.54, 1.807) is 0 Å². The zero-order chi connectivity index (χ0) is 11.7. The van der Waals surface area contributed by atoms with Gasteiger partial charge in [0.1, 0.15) is 0 Å². The van der Waals surface area contributed by atoms with Crippen molar-refractivity contribution in [2.75, 3.05) is 18.0 Å². The maximum Gasteiger partial charge on any atom is 0.225 e. The van der Waals surface area contributed by atoms with E-state index in [0.29, 0.717) is 11.8 Å². The van der Waals surface area contributed by atoms with Gasteiger partial charge in [-0.15, -0.1) is 0 Å². The van der Waals surface area contributed by atoms with Crippen molar-refractivity contribution in [2.24, 2.45) is 0 Å². The molecule has 0 bridgehead atoms. The fourth-order valence-electron chi connectivity index (χ4n) is 1.72. The molecule has 0 radical (unpaired) electrons. The van der Waals surface area contributed by atoms with Crippen LogP contribution < -0.4 is 4.90 Å². The predicted octanol–water partition coefficient (Wildman–Crippen LogP) is 3.57. The molecule has 0 atom stereocenters. The van der Waals surface area contributed by atoms with Crippen LogP contribution in [0.25, 0.3) is 0 Å². The second-order valence-corrected chi connectivity index (χ2v) is 5.17. The second-order valence-electron chi connectivity index (χ2n) is 5.17. The number of hydrogen-bond acceptors (Lipinski definition) is 3. The van der Waals surface area contributed by atoms with Crippen molar-refractivity contribution in [3.05, 3.63) is 17.5 Å². The molecule has 0 unspecified atom stereocenters. The van der Waals surface area contributed by atoms with Crippen LogP contribution in [0.15, 0.2) is 6.07 Å². The monoisotopic (exact) mass is 235 g/mol. The lowest BCUT2D eigenvalue weighted by Gasteiger charge is -2.31. The molecule has 96 valence electrons. The normalized spacial score (nSPS) is 14.8. The molecule has 0 amide bonds. The summed E-state index contributed by atoms with van der Waals surface area (Å²) in [4.78, 5) is 11.6. The van der Waals surface area contributed by atoms with Crippen LogP contribution in [0.4, 0.5) is 5.95 Å². The molecule has 1 fully saturated rings. The van der Waals surface area contributed by atoms with Crippen molar-refractivity contribution in [1.29, 1.82) is 0 Å². The largest absolute Gasteiger partial charge is 0.341 e. The Hall–Kier alpha value is -1.12. The summed E-state index contributed by atoms with van der Waals surface area (Å²) in [5.74, 6) is 1.88. The van der Waals surface area contributed by atoms with E-state index in [4.69, 9.17) is 0 Å². The molecule has 0 saturated carbocycles. The number of nitrogens with zero attached hydrogens (tertiary/aromatic N) is 3. The summed E-state index contributed by atoms with van der Waals surface area (Å²) >= 11 is 0. The number of hydrogen-bond donors (Lipinski definition) is 0. The first-order chi connectivity index (χ1) is 7.58. The summed E-state index contributed by atoms with van der Waals surface area (Å²) in [5, 5.41) is 0. The average molecular weight is 235 g/mol. The Morgan fingerprint density at radius 2 is 1.47 bits per heavy atom. The molecule has 0 N–H and O–H groups in total. The Bertz CT molecular complexity index is 341. The molecule has 17 heavy (non-hydrogen) atoms. The minimum atomic E-state index is 0. The number of aromatic nitrogens is 2. The summed E-state index contributed by atoms with van der Waals surface area (Å²) in [6.07, 6.45) is 1.27. The van der Waals surface area contributed by atoms with Crippen molar-refractivity contribution < 1.29 is 0 Å². The third-order valence-corrected chi connectivity index (χ3v) is 3.08. The van der Waals surface area contributed by atoms with Crippen LogP contribution in [-0.2, 0) is 0 Å². The van der Waals surface area contributed by atoms with Gasteiger partial charge in [-0.1, -0.05) is 35.1 Å². The van der Waals surface area contributed by atoms with Gasteiger partial charge in [0.25, 0.3) is 0 Å². The molecule has 2 rings (SSSR count). The summed E-state index contributed by atoms with van der Waals surface area (Å²) in [6, 6.07) is 2.15. The zero-order valence-electron chi connectivity index (χ0n) is 10.7. The Morgan fingerprint density at radius 1 is 1.00 bits per heavy atom. The molecule has 1 aromatic heterocycles. The van der Waals surface area contributed by atoms with Crippen LogP contribution in [0.1, 0.15) is 64.8 Å². The topological polar surface area (TPSA) is 29.0 Å². The van der Waals surface area contributed by atoms with Gasteiger partial charge in [-0.25, -0.2) is 9.97 Å². The van der Waals surface area contributed by atoms with Crippen molar-refractivity contribution in [3.8, 4) is 0 Å². The smallest absolute Gasteiger partial charge is 0.225 e. The van der Waals surface area contributed by atoms with Gasteiger partial charge in [-0.05, 0) is 24.3 Å². The van der Waals surface area contributed by atoms with Crippen LogP contribution in [0.2, 0.25) is 0 Å². The Balaban J connectivity index is 0.00000144. The fourth-order valence-corrected chi connectivity index (χ4v) is 1.72. The van der Waals surface area contributed by atoms with E-state index < -0.39 is 0 Å². The van der Waals surface area contributed by atoms with E-state index in [1.807, 2.05) is 0 Å². The van der Waals surface area contributed by atoms with E-state index in [9.17, 15) is 0 Å². The van der Waals surface area contributed by atoms with Crippen LogP contribution in [0, 0.1) is 0 Å². The quantitative estimate of drug-likeness (QED) is 0.802. The molecule has 2 heterocycles. The fraction of sp³-hybridized carbons (Fsp3) is 0.714. The molecule has 0 aliphatic carbocycles. The Labute approximate surface area is 105 Å². The van der Waals surface area contributed by atoms with Crippen LogP contribution >= 0.6 is 0 Å². The standard InChI is InChI=1S/C13H21N3.CH4/c1-9(2)11-8-12(10(3)4)15-13(14-11)16-6-5-7-16;/h8-10H,5-7H2,1-4H3;1H4. The average Bonchev–Trinajstić information content (AvgIpc) is 2.14. The van der Waals surface area contributed by atoms with Crippen LogP contribution in [0.5, 0.6) is 0 Å². The molecule has 1 aromatic rings. The van der Waals surface area contributed by atoms with Crippen molar-refractivity contribution in [1.82, 2.24) is 9.97 Å². The number of rotatable bonds is 3. The summed E-state index contributed by atoms with van der Waals surface area (Å²) < 4.78 is 0. The van der Waals surface area contributed by atoms with Gasteiger partial charge in [0.05, 0.1) is 0 Å². The lowest BCUT2D eigenvalue weighted by molar-refractivity contribution is 0.592. The van der Waals surface area contributed by atoms with Gasteiger partial charge >= 0.3 is 0 Å². The molecule has 0 spiro atoms. The molecule has 3 nitrogen and oxygen atoms in total. The first-order valence-electron chi connectivity index (χ1n) is 6.21. The Morgan fingerprint density at radius 3 is 1.76 bits per heavy atom. The van der Waals surface area contributed by atoms with E-state index in [2.05, 4.69) is 48.6 Å². The highest BCUT2D eigenvalue weighted by molar-refractivity contribution is 5.36. The van der Waals surface area contributed by atoms with Gasteiger partial charge in [-0.3, -0.25) is 0 Å². The maximum atomic E-state index is 4.65. The lowest BCUT2D eigenvalue weighted by Crippen LogP contribution is -2.38. The molecule has 0 aromatic carbocycles. The van der Waals surface area contributed by atoms with E-state index >= 15 is 0 Å². The highest BCUT2D eigenvalue weighted by Crippen LogP contribution is 2.23. The van der Waals surface area contributed by atoms with Gasteiger partial charge < -0.3 is 4.90 Å². The predicted molar refractivity (Wildman–Crippen MR) is 73.8 cm³/mol. The van der Waals surface area contributed by atoms with Gasteiger partial charge in [-0.2, -0.15) is 0 Å². The maximum absolute atomic E-state index is 4.65. The van der Waals surface area contributed by atoms with Crippen LogP contribution in [0.3, 0.4) is 0 Å². The zero-order valence-corrected chi connectivity index (χ0v) is 10.7. The third kappa shape index (κ3) is 2.96. The third-order valence-electron chi connectivity index (χ3n) is 3.08. The molecule has 1 aliphatic rings. The molecule has 1 saturated heterocycles. The summed E-state index contributed by atoms with van der Waals surface area (Å²) in [7, 11) is 0. The van der Waals surface area contributed by atoms with Crippen molar-refractivity contribution in [2.45, 2.75) is 53.4 Å². The minimum Gasteiger partial charge on any atom is -0.341 e. The van der Waals surface area contributed by atoms with Gasteiger partial charge in [0, 0.05) is 24.5 Å². The van der Waals surface area contributed by atoms with E-state index in [0.717, 1.165) is 19.0 Å². The van der Waals surface area contributed by atoms with E-state index in [-0.39, 0.29) is 7.43 Å². The van der Waals surface area contributed by atoms with Gasteiger partial charge in [0.2, 0.25) is 5.95 Å². The molecule has 3 heteroatoms. The molecule has 1 aliphatic heterocycles. The lowest BCUT2D eigenvalue weighted by atomic mass is 10.1. The Kier molecular flexibility index (Phi) is 4.49. The first-order valence-corrected chi connectivity index (χ1v) is 6.21. The molecular weight excluding hydrogens is 210 g/mol. The summed E-state index contributed by atoms with van der Waals surface area (Å²) in [5.41, 5.74) is 2.33. The minimum absolute atomic E-state index is 0. The van der Waals surface area contributed by atoms with E-state index in [1.165, 1.54) is 17.8 Å². The second kappa shape index (κ2) is 5.48. The molecular formula is C14H25N3. The summed E-state index contributed by atoms with van der Waals surface area (Å²) in [6.45, 7) is 11.0. The van der Waals surface area contributed by atoms with Crippen molar-refractivity contribution >= 4 is 5.95 Å². The number of anilines is 1. The first kappa shape index (κ1) is 13.9.